The minimum absolute atomic E-state index is 0.0995. The van der Waals surface area contributed by atoms with E-state index in [0.29, 0.717) is 57.0 Å². The van der Waals surface area contributed by atoms with Crippen LogP contribution >= 0.6 is 0 Å². The second-order valence-electron chi connectivity index (χ2n) is 9.18. The van der Waals surface area contributed by atoms with Crippen LogP contribution in [0.2, 0.25) is 0 Å². The number of carbonyl (C=O) groups is 1. The Morgan fingerprint density at radius 3 is 2.31 bits per heavy atom. The number of amides is 1. The third-order valence-electron chi connectivity index (χ3n) is 6.80. The SMILES string of the molecule is COc1ccccc1NC(=O)C1=C(C)Nc2nc(-c3cccc([N+](=O)[O-])c3)nn2C1c1cc(OC)c(OC)cc1OC. The lowest BCUT2D eigenvalue weighted by molar-refractivity contribution is -0.384. The minimum Gasteiger partial charge on any atom is -0.496 e. The molecular formula is C29H28N6O7. The summed E-state index contributed by atoms with van der Waals surface area (Å²) in [6, 6.07) is 15.6. The van der Waals surface area contributed by atoms with Gasteiger partial charge in [-0.15, -0.1) is 5.10 Å². The average molecular weight is 573 g/mol. The summed E-state index contributed by atoms with van der Waals surface area (Å²) < 4.78 is 23.8. The van der Waals surface area contributed by atoms with E-state index in [1.54, 1.807) is 60.1 Å². The smallest absolute Gasteiger partial charge is 0.270 e. The summed E-state index contributed by atoms with van der Waals surface area (Å²) in [6.07, 6.45) is 0. The number of rotatable bonds is 9. The van der Waals surface area contributed by atoms with Gasteiger partial charge in [0.15, 0.2) is 17.3 Å². The maximum atomic E-state index is 14.0. The van der Waals surface area contributed by atoms with E-state index in [1.807, 2.05) is 0 Å². The Morgan fingerprint density at radius 1 is 0.929 bits per heavy atom. The van der Waals surface area contributed by atoms with Crippen LogP contribution in [0.5, 0.6) is 23.0 Å². The number of nitro benzene ring substituents is 1. The van der Waals surface area contributed by atoms with E-state index in [-0.39, 0.29) is 11.5 Å². The van der Waals surface area contributed by atoms with Crippen LogP contribution in [0, 0.1) is 10.1 Å². The highest BCUT2D eigenvalue weighted by Gasteiger charge is 2.37. The lowest BCUT2D eigenvalue weighted by atomic mass is 9.93. The molecule has 42 heavy (non-hydrogen) atoms. The summed E-state index contributed by atoms with van der Waals surface area (Å²) in [5.74, 6) is 1.87. The number of nitro groups is 1. The van der Waals surface area contributed by atoms with Gasteiger partial charge in [0, 0.05) is 35.0 Å². The molecule has 1 aliphatic rings. The molecule has 0 aliphatic carbocycles. The molecule has 0 radical (unpaired) electrons. The maximum absolute atomic E-state index is 14.0. The van der Waals surface area contributed by atoms with Crippen LogP contribution in [-0.4, -0.2) is 54.0 Å². The summed E-state index contributed by atoms with van der Waals surface area (Å²) >= 11 is 0. The normalized spacial score (nSPS) is 14.0. The Morgan fingerprint density at radius 2 is 1.62 bits per heavy atom. The minimum atomic E-state index is -0.856. The van der Waals surface area contributed by atoms with Gasteiger partial charge in [0.05, 0.1) is 44.6 Å². The van der Waals surface area contributed by atoms with Gasteiger partial charge in [-0.2, -0.15) is 4.98 Å². The number of fused-ring (bicyclic) bond motifs is 1. The van der Waals surface area contributed by atoms with Crippen LogP contribution in [0.15, 0.2) is 71.9 Å². The molecule has 0 fully saturated rings. The Bertz CT molecular complexity index is 1710. The Labute approximate surface area is 240 Å². The van der Waals surface area contributed by atoms with Crippen molar-refractivity contribution < 1.29 is 28.7 Å². The van der Waals surface area contributed by atoms with Gasteiger partial charge in [0.25, 0.3) is 11.6 Å². The van der Waals surface area contributed by atoms with E-state index >= 15 is 0 Å². The molecule has 5 rings (SSSR count). The number of non-ortho nitro benzene ring substituents is 1. The number of carbonyl (C=O) groups excluding carboxylic acids is 1. The maximum Gasteiger partial charge on any atom is 0.270 e. The van der Waals surface area contributed by atoms with Crippen LogP contribution in [0.4, 0.5) is 17.3 Å². The quantitative estimate of drug-likeness (QED) is 0.211. The first-order valence-corrected chi connectivity index (χ1v) is 12.7. The number of nitrogens with zero attached hydrogens (tertiary/aromatic N) is 4. The number of anilines is 2. The van der Waals surface area contributed by atoms with Crippen molar-refractivity contribution in [3.63, 3.8) is 0 Å². The van der Waals surface area contributed by atoms with Crippen LogP contribution in [0.3, 0.4) is 0 Å². The van der Waals surface area contributed by atoms with Crippen LogP contribution in [0.1, 0.15) is 18.5 Å². The third-order valence-corrected chi connectivity index (χ3v) is 6.80. The predicted octanol–water partition coefficient (Wildman–Crippen LogP) is 4.82. The van der Waals surface area contributed by atoms with Crippen molar-refractivity contribution in [2.45, 2.75) is 13.0 Å². The zero-order valence-electron chi connectivity index (χ0n) is 23.5. The number of nitrogens with one attached hydrogen (secondary N) is 2. The Kier molecular flexibility index (Phi) is 7.65. The zero-order valence-corrected chi connectivity index (χ0v) is 23.5. The molecule has 1 aliphatic heterocycles. The Balaban J connectivity index is 1.69. The number of allylic oxidation sites excluding steroid dienone is 1. The first-order chi connectivity index (χ1) is 20.3. The molecule has 0 spiro atoms. The molecular weight excluding hydrogens is 544 g/mol. The molecule has 0 bridgehead atoms. The summed E-state index contributed by atoms with van der Waals surface area (Å²) in [6.45, 7) is 1.75. The van der Waals surface area contributed by atoms with E-state index in [0.717, 1.165) is 0 Å². The zero-order chi connectivity index (χ0) is 30.0. The van der Waals surface area contributed by atoms with Gasteiger partial charge >= 0.3 is 0 Å². The molecule has 3 aromatic carbocycles. The molecule has 0 saturated heterocycles. The summed E-state index contributed by atoms with van der Waals surface area (Å²) in [4.78, 5) is 29.6. The highest BCUT2D eigenvalue weighted by molar-refractivity contribution is 6.06. The van der Waals surface area contributed by atoms with E-state index in [2.05, 4.69) is 15.6 Å². The molecule has 13 nitrogen and oxygen atoms in total. The van der Waals surface area contributed by atoms with Gasteiger partial charge in [-0.1, -0.05) is 24.3 Å². The first-order valence-electron chi connectivity index (χ1n) is 12.7. The van der Waals surface area contributed by atoms with Crippen molar-refractivity contribution in [3.05, 3.63) is 87.6 Å². The van der Waals surface area contributed by atoms with Crippen molar-refractivity contribution in [2.75, 3.05) is 39.1 Å². The van der Waals surface area contributed by atoms with Crippen LogP contribution in [-0.2, 0) is 4.79 Å². The van der Waals surface area contributed by atoms with Crippen molar-refractivity contribution in [1.29, 1.82) is 0 Å². The lowest BCUT2D eigenvalue weighted by Gasteiger charge is -2.30. The van der Waals surface area contributed by atoms with Gasteiger partial charge in [-0.25, -0.2) is 4.68 Å². The molecule has 13 heteroatoms. The second-order valence-corrected chi connectivity index (χ2v) is 9.18. The lowest BCUT2D eigenvalue weighted by Crippen LogP contribution is -2.32. The monoisotopic (exact) mass is 572 g/mol. The van der Waals surface area contributed by atoms with Gasteiger partial charge in [0.1, 0.15) is 17.5 Å². The van der Waals surface area contributed by atoms with Crippen LogP contribution < -0.4 is 29.6 Å². The number of hydrogen-bond donors (Lipinski definition) is 2. The van der Waals surface area contributed by atoms with Gasteiger partial charge < -0.3 is 29.6 Å². The van der Waals surface area contributed by atoms with Crippen LogP contribution in [0.25, 0.3) is 11.4 Å². The average Bonchev–Trinajstić information content (AvgIpc) is 3.43. The molecule has 1 atom stereocenters. The van der Waals surface area contributed by atoms with Crippen molar-refractivity contribution >= 4 is 23.2 Å². The number of para-hydroxylation sites is 2. The van der Waals surface area contributed by atoms with Gasteiger partial charge in [0.2, 0.25) is 5.95 Å². The molecule has 1 unspecified atom stereocenters. The van der Waals surface area contributed by atoms with Gasteiger partial charge in [-0.05, 0) is 25.1 Å². The number of ether oxygens (including phenoxy) is 4. The van der Waals surface area contributed by atoms with E-state index in [1.165, 1.54) is 40.6 Å². The van der Waals surface area contributed by atoms with E-state index in [9.17, 15) is 14.9 Å². The van der Waals surface area contributed by atoms with Crippen molar-refractivity contribution in [1.82, 2.24) is 14.8 Å². The number of hydrogen-bond acceptors (Lipinski definition) is 10. The van der Waals surface area contributed by atoms with Crippen molar-refractivity contribution in [2.24, 2.45) is 0 Å². The summed E-state index contributed by atoms with van der Waals surface area (Å²) in [5.41, 5.74) is 2.17. The van der Waals surface area contributed by atoms with Crippen molar-refractivity contribution in [3.8, 4) is 34.4 Å². The molecule has 0 saturated carbocycles. The largest absolute Gasteiger partial charge is 0.496 e. The predicted molar refractivity (Wildman–Crippen MR) is 154 cm³/mol. The molecule has 1 amide bonds. The summed E-state index contributed by atoms with van der Waals surface area (Å²) in [7, 11) is 6.05. The number of benzene rings is 3. The number of aromatic nitrogens is 3. The van der Waals surface area contributed by atoms with E-state index < -0.39 is 16.9 Å². The third kappa shape index (κ3) is 5.03. The van der Waals surface area contributed by atoms with Gasteiger partial charge in [-0.3, -0.25) is 14.9 Å². The fraction of sp³-hybridized carbons (Fsp3) is 0.207. The highest BCUT2D eigenvalue weighted by Crippen LogP contribution is 2.44. The number of methoxy groups -OCH3 is 4. The molecule has 216 valence electrons. The molecule has 1 aromatic heterocycles. The highest BCUT2D eigenvalue weighted by atomic mass is 16.6. The standard InChI is InChI=1S/C29H28N6O7/c1-16-25(28(36)31-20-11-6-7-12-21(20)39-2)26(19-14-23(41-4)24(42-5)15-22(19)40-3)34-29(30-16)32-27(33-34)17-9-8-10-18(13-17)35(37)38/h6-15,26H,1-5H3,(H,31,36)(H,30,32,33). The fourth-order valence-electron chi connectivity index (χ4n) is 4.82. The summed E-state index contributed by atoms with van der Waals surface area (Å²) in [5, 5.41) is 22.2. The molecule has 4 aromatic rings. The first kappa shape index (κ1) is 28.0. The molecule has 2 heterocycles. The molecule has 2 N–H and O–H groups in total. The topological polar surface area (TPSA) is 152 Å². The fourth-order valence-corrected chi connectivity index (χ4v) is 4.82. The van der Waals surface area contributed by atoms with E-state index in [4.69, 9.17) is 24.0 Å². The second kappa shape index (κ2) is 11.5. The Hall–Kier alpha value is -5.59.